The van der Waals surface area contributed by atoms with E-state index in [1.165, 1.54) is 6.07 Å². The average molecular weight is 302 g/mol. The second kappa shape index (κ2) is 6.51. The molecule has 17 heavy (non-hydrogen) atoms. The molecule has 0 atom stereocenters. The fraction of sp³-hybridized carbons (Fsp3) is 0.250. The van der Waals surface area contributed by atoms with Gasteiger partial charge in [0.1, 0.15) is 5.82 Å². The number of carboxylic acid groups (broad SMARTS) is 1. The molecule has 0 aliphatic carbocycles. The van der Waals surface area contributed by atoms with Crippen LogP contribution in [0.3, 0.4) is 0 Å². The second-order valence-corrected chi connectivity index (χ2v) is 4.58. The summed E-state index contributed by atoms with van der Waals surface area (Å²) >= 11 is 3.27. The molecule has 0 bridgehead atoms. The van der Waals surface area contributed by atoms with Crippen molar-refractivity contribution < 1.29 is 14.3 Å². The summed E-state index contributed by atoms with van der Waals surface area (Å²) in [6.45, 7) is 2.48. The van der Waals surface area contributed by atoms with Crippen LogP contribution >= 0.6 is 15.9 Å². The van der Waals surface area contributed by atoms with Gasteiger partial charge in [0.05, 0.1) is 0 Å². The molecule has 1 rings (SSSR count). The van der Waals surface area contributed by atoms with Crippen LogP contribution in [0.1, 0.15) is 12.5 Å². The zero-order valence-corrected chi connectivity index (χ0v) is 10.9. The maximum atomic E-state index is 13.3. The number of carbonyl (C=O) groups is 1. The van der Waals surface area contributed by atoms with Gasteiger partial charge in [0.2, 0.25) is 0 Å². The number of aliphatic carboxylic acids is 1. The Morgan fingerprint density at radius 1 is 1.59 bits per heavy atom. The van der Waals surface area contributed by atoms with Crippen LogP contribution in [0.5, 0.6) is 0 Å². The first-order chi connectivity index (χ1) is 7.99. The van der Waals surface area contributed by atoms with Crippen molar-refractivity contribution in [1.29, 1.82) is 0 Å². The monoisotopic (exact) mass is 301 g/mol. The highest BCUT2D eigenvalue weighted by molar-refractivity contribution is 9.10. The molecule has 5 heteroatoms. The van der Waals surface area contributed by atoms with Gasteiger partial charge in [0.15, 0.2) is 0 Å². The van der Waals surface area contributed by atoms with Crippen molar-refractivity contribution in [3.63, 3.8) is 0 Å². The van der Waals surface area contributed by atoms with Crippen LogP contribution in [0, 0.1) is 5.82 Å². The lowest BCUT2D eigenvalue weighted by Crippen LogP contribution is -2.17. The van der Waals surface area contributed by atoms with Crippen molar-refractivity contribution in [3.05, 3.63) is 45.7 Å². The molecule has 0 saturated heterocycles. The predicted octanol–water partition coefficient (Wildman–Crippen LogP) is 2.71. The molecule has 0 saturated carbocycles. The minimum absolute atomic E-state index is 0.277. The third-order valence-electron chi connectivity index (χ3n) is 2.10. The predicted molar refractivity (Wildman–Crippen MR) is 67.2 cm³/mol. The van der Waals surface area contributed by atoms with Crippen molar-refractivity contribution >= 4 is 21.9 Å². The molecule has 92 valence electrons. The minimum Gasteiger partial charge on any atom is -0.478 e. The molecule has 0 unspecified atom stereocenters. The van der Waals surface area contributed by atoms with Gasteiger partial charge in [0, 0.05) is 29.2 Å². The molecule has 1 aromatic rings. The van der Waals surface area contributed by atoms with Gasteiger partial charge in [-0.1, -0.05) is 21.5 Å². The number of carboxylic acids is 1. The van der Waals surface area contributed by atoms with E-state index in [0.717, 1.165) is 10.5 Å². The summed E-state index contributed by atoms with van der Waals surface area (Å²) in [4.78, 5) is 10.4. The van der Waals surface area contributed by atoms with Crippen molar-refractivity contribution in [2.75, 3.05) is 6.54 Å². The van der Waals surface area contributed by atoms with Gasteiger partial charge in [-0.15, -0.1) is 0 Å². The van der Waals surface area contributed by atoms with Gasteiger partial charge < -0.3 is 10.4 Å². The molecule has 1 aromatic carbocycles. The lowest BCUT2D eigenvalue weighted by Gasteiger charge is -2.06. The third kappa shape index (κ3) is 5.10. The van der Waals surface area contributed by atoms with Crippen LogP contribution in [-0.4, -0.2) is 17.6 Å². The molecular weight excluding hydrogens is 289 g/mol. The SMILES string of the molecule is C/C(=C/C(=O)O)CNCc1cc(Br)ccc1F. The Kier molecular flexibility index (Phi) is 5.31. The summed E-state index contributed by atoms with van der Waals surface area (Å²) in [6, 6.07) is 4.72. The largest absolute Gasteiger partial charge is 0.478 e. The number of benzene rings is 1. The zero-order chi connectivity index (χ0) is 12.8. The fourth-order valence-electron chi connectivity index (χ4n) is 1.33. The van der Waals surface area contributed by atoms with Gasteiger partial charge >= 0.3 is 5.97 Å². The van der Waals surface area contributed by atoms with Gasteiger partial charge in [0.25, 0.3) is 0 Å². The second-order valence-electron chi connectivity index (χ2n) is 3.67. The molecule has 0 aliphatic rings. The van der Waals surface area contributed by atoms with Crippen LogP contribution in [0.15, 0.2) is 34.3 Å². The first kappa shape index (κ1) is 13.9. The lowest BCUT2D eigenvalue weighted by molar-refractivity contribution is -0.131. The Morgan fingerprint density at radius 2 is 2.29 bits per heavy atom. The molecule has 0 spiro atoms. The number of hydrogen-bond acceptors (Lipinski definition) is 2. The molecule has 2 N–H and O–H groups in total. The molecule has 0 amide bonds. The first-order valence-corrected chi connectivity index (χ1v) is 5.83. The normalized spacial score (nSPS) is 11.6. The van der Waals surface area contributed by atoms with Gasteiger partial charge in [-0.05, 0) is 25.1 Å². The highest BCUT2D eigenvalue weighted by atomic mass is 79.9. The maximum absolute atomic E-state index is 13.3. The quantitative estimate of drug-likeness (QED) is 0.822. The molecule has 0 aliphatic heterocycles. The number of nitrogens with one attached hydrogen (secondary N) is 1. The molecular formula is C12H13BrFNO2. The van der Waals surface area contributed by atoms with Crippen molar-refractivity contribution in [1.82, 2.24) is 5.32 Å². The van der Waals surface area contributed by atoms with Gasteiger partial charge in [-0.3, -0.25) is 0 Å². The topological polar surface area (TPSA) is 49.3 Å². The van der Waals surface area contributed by atoms with Crippen LogP contribution < -0.4 is 5.32 Å². The minimum atomic E-state index is -0.974. The Balaban J connectivity index is 2.51. The van der Waals surface area contributed by atoms with Gasteiger partial charge in [-0.2, -0.15) is 0 Å². The number of rotatable bonds is 5. The number of halogens is 2. The fourth-order valence-corrected chi connectivity index (χ4v) is 1.74. The Labute approximate surface area is 107 Å². The van der Waals surface area contributed by atoms with E-state index >= 15 is 0 Å². The van der Waals surface area contributed by atoms with Crippen molar-refractivity contribution in [2.24, 2.45) is 0 Å². The standard InChI is InChI=1S/C12H13BrFNO2/c1-8(4-12(16)17)6-15-7-9-5-10(13)2-3-11(9)14/h2-5,15H,6-7H2,1H3,(H,16,17)/b8-4-. The van der Waals surface area contributed by atoms with Crippen LogP contribution in [-0.2, 0) is 11.3 Å². The summed E-state index contributed by atoms with van der Waals surface area (Å²) in [6.07, 6.45) is 1.13. The van der Waals surface area contributed by atoms with Crippen LogP contribution in [0.4, 0.5) is 4.39 Å². The van der Waals surface area contributed by atoms with Crippen LogP contribution in [0.2, 0.25) is 0 Å². The summed E-state index contributed by atoms with van der Waals surface area (Å²) in [7, 11) is 0. The maximum Gasteiger partial charge on any atom is 0.328 e. The number of hydrogen-bond donors (Lipinski definition) is 2. The van der Waals surface area contributed by atoms with E-state index in [9.17, 15) is 9.18 Å². The summed E-state index contributed by atoms with van der Waals surface area (Å²) in [5, 5.41) is 11.5. The first-order valence-electron chi connectivity index (χ1n) is 5.04. The van der Waals surface area contributed by atoms with Crippen molar-refractivity contribution in [2.45, 2.75) is 13.5 Å². The zero-order valence-electron chi connectivity index (χ0n) is 9.34. The van der Waals surface area contributed by atoms with E-state index < -0.39 is 5.97 Å². The lowest BCUT2D eigenvalue weighted by atomic mass is 10.2. The molecule has 0 aromatic heterocycles. The van der Waals surface area contributed by atoms with Crippen LogP contribution in [0.25, 0.3) is 0 Å². The molecule has 3 nitrogen and oxygen atoms in total. The highest BCUT2D eigenvalue weighted by Gasteiger charge is 2.02. The third-order valence-corrected chi connectivity index (χ3v) is 2.59. The van der Waals surface area contributed by atoms with E-state index in [0.29, 0.717) is 24.2 Å². The van der Waals surface area contributed by atoms with Gasteiger partial charge in [-0.25, -0.2) is 9.18 Å². The molecule has 0 fully saturated rings. The summed E-state index contributed by atoms with van der Waals surface area (Å²) in [5.41, 5.74) is 1.23. The summed E-state index contributed by atoms with van der Waals surface area (Å²) in [5.74, 6) is -1.25. The van der Waals surface area contributed by atoms with E-state index in [2.05, 4.69) is 21.2 Å². The van der Waals surface area contributed by atoms with E-state index in [-0.39, 0.29) is 5.82 Å². The molecule has 0 radical (unpaired) electrons. The Bertz CT molecular complexity index is 446. The van der Waals surface area contributed by atoms with E-state index in [1.807, 2.05) is 0 Å². The Morgan fingerprint density at radius 3 is 2.94 bits per heavy atom. The van der Waals surface area contributed by atoms with E-state index in [4.69, 9.17) is 5.11 Å². The Hall–Kier alpha value is -1.20. The molecule has 0 heterocycles. The summed E-state index contributed by atoms with van der Waals surface area (Å²) < 4.78 is 14.1. The van der Waals surface area contributed by atoms with E-state index in [1.54, 1.807) is 19.1 Å². The average Bonchev–Trinajstić information content (AvgIpc) is 2.22. The van der Waals surface area contributed by atoms with Crippen molar-refractivity contribution in [3.8, 4) is 0 Å². The highest BCUT2D eigenvalue weighted by Crippen LogP contribution is 2.15. The smallest absolute Gasteiger partial charge is 0.328 e.